The Morgan fingerprint density at radius 1 is 1.06 bits per heavy atom. The van der Waals surface area contributed by atoms with E-state index in [2.05, 4.69) is 4.90 Å². The smallest absolute Gasteiger partial charge is 0.254 e. The van der Waals surface area contributed by atoms with Gasteiger partial charge in [-0.2, -0.15) is 0 Å². The lowest BCUT2D eigenvalue weighted by Gasteiger charge is -2.44. The lowest BCUT2D eigenvalue weighted by atomic mass is 9.81. The molecular weight excluding hydrogens is 482 g/mol. The van der Waals surface area contributed by atoms with Gasteiger partial charge in [-0.05, 0) is 41.3 Å². The maximum absolute atomic E-state index is 14.2. The number of anilines is 1. The first-order valence-corrected chi connectivity index (χ1v) is 13.1. The van der Waals surface area contributed by atoms with Crippen LogP contribution < -0.4 is 4.90 Å². The van der Waals surface area contributed by atoms with Crippen LogP contribution in [0.15, 0.2) is 66.0 Å². The predicted molar refractivity (Wildman–Crippen MR) is 139 cm³/mol. The first kappa shape index (κ1) is 23.9. The number of nitrogens with zero attached hydrogens (tertiary/aromatic N) is 3. The number of amides is 2. The molecule has 3 aromatic rings. The summed E-state index contributed by atoms with van der Waals surface area (Å²) in [6.45, 7) is 3.54. The second kappa shape index (κ2) is 10.4. The fraction of sp³-hybridized carbons (Fsp3) is 0.333. The Morgan fingerprint density at radius 2 is 1.86 bits per heavy atom. The molecule has 0 unspecified atom stereocenters. The van der Waals surface area contributed by atoms with E-state index in [0.29, 0.717) is 36.8 Å². The summed E-state index contributed by atoms with van der Waals surface area (Å²) in [4.78, 5) is 34.7. The molecule has 2 aromatic carbocycles. The molecule has 2 amide bonds. The topological polar surface area (TPSA) is 53.1 Å². The zero-order chi connectivity index (χ0) is 24.4. The maximum Gasteiger partial charge on any atom is 0.254 e. The lowest BCUT2D eigenvalue weighted by Crippen LogP contribution is -2.53. The van der Waals surface area contributed by atoms with Crippen molar-refractivity contribution in [2.75, 3.05) is 51.3 Å². The van der Waals surface area contributed by atoms with Gasteiger partial charge in [0.1, 0.15) is 0 Å². The quantitative estimate of drug-likeness (QED) is 0.484. The molecule has 2 aliphatic heterocycles. The summed E-state index contributed by atoms with van der Waals surface area (Å²) in [5.74, 6) is -0.445. The maximum atomic E-state index is 14.2. The van der Waals surface area contributed by atoms with Crippen LogP contribution in [0.4, 0.5) is 5.69 Å². The minimum absolute atomic E-state index is 0.0501. The molecule has 1 saturated heterocycles. The first-order chi connectivity index (χ1) is 17.1. The Morgan fingerprint density at radius 3 is 2.57 bits per heavy atom. The summed E-state index contributed by atoms with van der Waals surface area (Å²) < 4.78 is 5.32. The van der Waals surface area contributed by atoms with Crippen LogP contribution >= 0.6 is 22.9 Å². The van der Waals surface area contributed by atoms with Crippen LogP contribution in [0.25, 0.3) is 0 Å². The van der Waals surface area contributed by atoms with Gasteiger partial charge in [0.05, 0.1) is 18.6 Å². The minimum atomic E-state index is -0.461. The first-order valence-electron chi connectivity index (χ1n) is 11.8. The van der Waals surface area contributed by atoms with E-state index in [9.17, 15) is 9.59 Å². The van der Waals surface area contributed by atoms with Gasteiger partial charge in [0.15, 0.2) is 0 Å². The molecule has 2 aliphatic rings. The van der Waals surface area contributed by atoms with Crippen molar-refractivity contribution in [3.8, 4) is 0 Å². The number of hydrogen-bond acceptors (Lipinski definition) is 5. The molecule has 1 aromatic heterocycles. The van der Waals surface area contributed by atoms with Gasteiger partial charge in [-0.25, -0.2) is 0 Å². The highest BCUT2D eigenvalue weighted by atomic mass is 35.5. The van der Waals surface area contributed by atoms with Crippen molar-refractivity contribution in [3.05, 3.63) is 87.1 Å². The molecule has 8 heteroatoms. The summed E-state index contributed by atoms with van der Waals surface area (Å²) in [6.07, 6.45) is 0. The molecule has 5 rings (SSSR count). The normalized spacial score (nSPS) is 20.2. The molecule has 0 bridgehead atoms. The van der Waals surface area contributed by atoms with Crippen LogP contribution in [-0.4, -0.2) is 68.1 Å². The average molecular weight is 510 g/mol. The SMILES string of the molecule is COCCN1C(=O)c2ccccc2[C@H](C(=O)N2CCN(c3cccc(Cl)c3)CC2)[C@@H]1c1cccs1. The van der Waals surface area contributed by atoms with Gasteiger partial charge in [-0.1, -0.05) is 41.9 Å². The molecule has 35 heavy (non-hydrogen) atoms. The van der Waals surface area contributed by atoms with E-state index in [1.54, 1.807) is 18.4 Å². The average Bonchev–Trinajstić information content (AvgIpc) is 3.42. The highest BCUT2D eigenvalue weighted by molar-refractivity contribution is 7.10. The van der Waals surface area contributed by atoms with E-state index >= 15 is 0 Å². The number of thiophene rings is 1. The van der Waals surface area contributed by atoms with E-state index in [1.807, 2.05) is 75.8 Å². The third-order valence-electron chi connectivity index (χ3n) is 6.84. The third kappa shape index (κ3) is 4.68. The fourth-order valence-corrected chi connectivity index (χ4v) is 6.18. The van der Waals surface area contributed by atoms with Gasteiger partial charge < -0.3 is 19.4 Å². The monoisotopic (exact) mass is 509 g/mol. The second-order valence-electron chi connectivity index (χ2n) is 8.81. The summed E-state index contributed by atoms with van der Waals surface area (Å²) in [7, 11) is 1.63. The van der Waals surface area contributed by atoms with Crippen LogP contribution in [0.1, 0.15) is 32.8 Å². The van der Waals surface area contributed by atoms with Crippen molar-refractivity contribution >= 4 is 40.4 Å². The van der Waals surface area contributed by atoms with Crippen LogP contribution in [0.3, 0.4) is 0 Å². The van der Waals surface area contributed by atoms with Crippen molar-refractivity contribution in [3.63, 3.8) is 0 Å². The molecule has 0 spiro atoms. The number of halogens is 1. The highest BCUT2D eigenvalue weighted by Gasteiger charge is 2.46. The van der Waals surface area contributed by atoms with Crippen molar-refractivity contribution in [2.45, 2.75) is 12.0 Å². The molecular formula is C27H28ClN3O3S. The Balaban J connectivity index is 1.46. The van der Waals surface area contributed by atoms with Crippen molar-refractivity contribution < 1.29 is 14.3 Å². The molecule has 0 saturated carbocycles. The summed E-state index contributed by atoms with van der Waals surface area (Å²) in [5, 5.41) is 2.71. The Bertz CT molecular complexity index is 1190. The van der Waals surface area contributed by atoms with E-state index in [0.717, 1.165) is 29.2 Å². The number of rotatable bonds is 6. The molecule has 3 heterocycles. The number of ether oxygens (including phenoxy) is 1. The van der Waals surface area contributed by atoms with E-state index in [4.69, 9.17) is 16.3 Å². The Hall–Kier alpha value is -2.87. The predicted octanol–water partition coefficient (Wildman–Crippen LogP) is 4.68. The van der Waals surface area contributed by atoms with Gasteiger partial charge >= 0.3 is 0 Å². The molecule has 0 N–H and O–H groups in total. The zero-order valence-corrected chi connectivity index (χ0v) is 21.2. The Labute approximate surface area is 214 Å². The highest BCUT2D eigenvalue weighted by Crippen LogP contribution is 2.45. The van der Waals surface area contributed by atoms with Crippen LogP contribution in [0.5, 0.6) is 0 Å². The van der Waals surface area contributed by atoms with Crippen molar-refractivity contribution in [1.29, 1.82) is 0 Å². The van der Waals surface area contributed by atoms with Crippen molar-refractivity contribution in [1.82, 2.24) is 9.80 Å². The minimum Gasteiger partial charge on any atom is -0.383 e. The van der Waals surface area contributed by atoms with Gasteiger partial charge in [-0.15, -0.1) is 11.3 Å². The van der Waals surface area contributed by atoms with E-state index < -0.39 is 5.92 Å². The molecule has 0 radical (unpaired) electrons. The van der Waals surface area contributed by atoms with Gasteiger partial charge in [-0.3, -0.25) is 9.59 Å². The third-order valence-corrected chi connectivity index (χ3v) is 8.02. The van der Waals surface area contributed by atoms with Crippen LogP contribution in [0, 0.1) is 0 Å². The van der Waals surface area contributed by atoms with E-state index in [1.165, 1.54) is 0 Å². The molecule has 2 atom stereocenters. The number of benzene rings is 2. The van der Waals surface area contributed by atoms with E-state index in [-0.39, 0.29) is 17.9 Å². The molecule has 0 aliphatic carbocycles. The number of methoxy groups -OCH3 is 1. The number of hydrogen-bond donors (Lipinski definition) is 0. The standard InChI is InChI=1S/C27H28ClN3O3S/c1-34-16-15-31-25(23-10-5-17-35-23)24(21-8-2-3-9-22(21)26(31)32)27(33)30-13-11-29(12-14-30)20-7-4-6-19(28)18-20/h2-10,17-18,24-25H,11-16H2,1H3/t24-,25-/m0/s1. The second-order valence-corrected chi connectivity index (χ2v) is 10.2. The molecule has 6 nitrogen and oxygen atoms in total. The Kier molecular flexibility index (Phi) is 7.09. The zero-order valence-electron chi connectivity index (χ0n) is 19.6. The van der Waals surface area contributed by atoms with Gasteiger partial charge in [0.25, 0.3) is 5.91 Å². The number of carbonyl (C=O) groups is 2. The number of carbonyl (C=O) groups excluding carboxylic acids is 2. The number of piperazine rings is 1. The van der Waals surface area contributed by atoms with Gasteiger partial charge in [0, 0.05) is 61.0 Å². The summed E-state index contributed by atoms with van der Waals surface area (Å²) >= 11 is 7.77. The molecule has 1 fully saturated rings. The largest absolute Gasteiger partial charge is 0.383 e. The summed E-state index contributed by atoms with van der Waals surface area (Å²) in [6, 6.07) is 19.0. The van der Waals surface area contributed by atoms with Crippen LogP contribution in [0.2, 0.25) is 5.02 Å². The fourth-order valence-electron chi connectivity index (χ4n) is 5.12. The van der Waals surface area contributed by atoms with Gasteiger partial charge in [0.2, 0.25) is 5.91 Å². The lowest BCUT2D eigenvalue weighted by molar-refractivity contribution is -0.135. The molecule has 182 valence electrons. The van der Waals surface area contributed by atoms with Crippen LogP contribution in [-0.2, 0) is 9.53 Å². The summed E-state index contributed by atoms with van der Waals surface area (Å²) in [5.41, 5.74) is 2.49. The number of fused-ring (bicyclic) bond motifs is 1. The van der Waals surface area contributed by atoms with Crippen molar-refractivity contribution in [2.24, 2.45) is 0 Å².